The van der Waals surface area contributed by atoms with Gasteiger partial charge in [-0.25, -0.2) is 4.99 Å². The van der Waals surface area contributed by atoms with Crippen LogP contribution in [0.3, 0.4) is 0 Å². The van der Waals surface area contributed by atoms with Gasteiger partial charge in [0.15, 0.2) is 5.96 Å². The van der Waals surface area contributed by atoms with Crippen LogP contribution in [0.1, 0.15) is 53.5 Å². The standard InChI is InChI=1S/C24H36N6O2.HI/c1-4-25-24(26-11-7-12-30-19(3)14-18(2)29-30)28-16-20-8-5-9-21(15-20)23(31)27-17-22-10-6-13-32-22;/h5,8-9,14-15,22H,4,6-7,10-13,16-17H2,1-3H3,(H,27,31)(H2,25,26,28);1H. The molecule has 3 N–H and O–H groups in total. The zero-order chi connectivity index (χ0) is 22.8. The first-order valence-electron chi connectivity index (χ1n) is 11.6. The average Bonchev–Trinajstić information content (AvgIpc) is 3.42. The Morgan fingerprint density at radius 2 is 2.09 bits per heavy atom. The smallest absolute Gasteiger partial charge is 0.251 e. The summed E-state index contributed by atoms with van der Waals surface area (Å²) < 4.78 is 7.61. The lowest BCUT2D eigenvalue weighted by atomic mass is 10.1. The molecule has 0 bridgehead atoms. The Bertz CT molecular complexity index is 908. The highest BCUT2D eigenvalue weighted by atomic mass is 127. The van der Waals surface area contributed by atoms with Crippen LogP contribution in [0.25, 0.3) is 0 Å². The lowest BCUT2D eigenvalue weighted by Gasteiger charge is -2.12. The Labute approximate surface area is 214 Å². The second-order valence-electron chi connectivity index (χ2n) is 8.17. The van der Waals surface area contributed by atoms with E-state index in [1.807, 2.05) is 42.8 Å². The number of carbonyl (C=O) groups is 1. The number of guanidine groups is 1. The third kappa shape index (κ3) is 8.96. The summed E-state index contributed by atoms with van der Waals surface area (Å²) in [5.41, 5.74) is 3.88. The van der Waals surface area contributed by atoms with Crippen LogP contribution >= 0.6 is 24.0 Å². The molecule has 1 aliphatic rings. The molecule has 33 heavy (non-hydrogen) atoms. The van der Waals surface area contributed by atoms with E-state index in [2.05, 4.69) is 39.0 Å². The molecule has 2 heterocycles. The van der Waals surface area contributed by atoms with E-state index in [0.717, 1.165) is 62.7 Å². The molecular weight excluding hydrogens is 531 g/mol. The molecule has 8 nitrogen and oxygen atoms in total. The number of carbonyl (C=O) groups excluding carboxylic acids is 1. The summed E-state index contributed by atoms with van der Waals surface area (Å²) in [6.45, 7) is 10.5. The van der Waals surface area contributed by atoms with Gasteiger partial charge in [0.25, 0.3) is 5.91 Å². The summed E-state index contributed by atoms with van der Waals surface area (Å²) in [5.74, 6) is 0.703. The van der Waals surface area contributed by atoms with Crippen molar-refractivity contribution in [1.82, 2.24) is 25.7 Å². The van der Waals surface area contributed by atoms with Gasteiger partial charge in [-0.2, -0.15) is 5.10 Å². The van der Waals surface area contributed by atoms with Crippen LogP contribution < -0.4 is 16.0 Å². The Morgan fingerprint density at radius 3 is 2.79 bits per heavy atom. The number of amides is 1. The molecule has 0 radical (unpaired) electrons. The molecule has 1 aliphatic heterocycles. The van der Waals surface area contributed by atoms with Crippen LogP contribution in [0, 0.1) is 13.8 Å². The number of ether oxygens (including phenoxy) is 1. The number of benzene rings is 1. The maximum atomic E-state index is 12.5. The van der Waals surface area contributed by atoms with Crippen molar-refractivity contribution in [2.75, 3.05) is 26.2 Å². The van der Waals surface area contributed by atoms with E-state index in [-0.39, 0.29) is 36.0 Å². The molecule has 1 unspecified atom stereocenters. The van der Waals surface area contributed by atoms with Gasteiger partial charge in [-0.05, 0) is 63.8 Å². The van der Waals surface area contributed by atoms with Crippen molar-refractivity contribution in [3.05, 3.63) is 52.8 Å². The van der Waals surface area contributed by atoms with E-state index in [0.29, 0.717) is 18.7 Å². The number of rotatable bonds is 10. The molecule has 1 amide bonds. The van der Waals surface area contributed by atoms with Gasteiger partial charge >= 0.3 is 0 Å². The zero-order valence-corrected chi connectivity index (χ0v) is 22.2. The van der Waals surface area contributed by atoms with Gasteiger partial charge in [-0.15, -0.1) is 24.0 Å². The van der Waals surface area contributed by atoms with E-state index >= 15 is 0 Å². The zero-order valence-electron chi connectivity index (χ0n) is 19.9. The second kappa shape index (κ2) is 14.2. The highest BCUT2D eigenvalue weighted by Gasteiger charge is 2.16. The number of aromatic nitrogens is 2. The second-order valence-corrected chi connectivity index (χ2v) is 8.17. The molecule has 2 aromatic rings. The normalized spacial score (nSPS) is 15.7. The molecule has 3 rings (SSSR count). The molecule has 9 heteroatoms. The molecule has 0 spiro atoms. The van der Waals surface area contributed by atoms with Crippen molar-refractivity contribution >= 4 is 35.8 Å². The van der Waals surface area contributed by atoms with Gasteiger partial charge in [0, 0.05) is 44.0 Å². The topological polar surface area (TPSA) is 92.6 Å². The Morgan fingerprint density at radius 1 is 1.24 bits per heavy atom. The predicted molar refractivity (Wildman–Crippen MR) is 142 cm³/mol. The largest absolute Gasteiger partial charge is 0.376 e. The van der Waals surface area contributed by atoms with Gasteiger partial charge in [0.05, 0.1) is 18.3 Å². The SMILES string of the molecule is CCNC(=NCc1cccc(C(=O)NCC2CCCO2)c1)NCCCn1nc(C)cc1C.I. The van der Waals surface area contributed by atoms with E-state index in [9.17, 15) is 4.79 Å². The van der Waals surface area contributed by atoms with Gasteiger partial charge in [0.2, 0.25) is 0 Å². The summed E-state index contributed by atoms with van der Waals surface area (Å²) in [7, 11) is 0. The van der Waals surface area contributed by atoms with Crippen LogP contribution in [0.2, 0.25) is 0 Å². The number of nitrogens with one attached hydrogen (secondary N) is 3. The van der Waals surface area contributed by atoms with Crippen LogP contribution in [-0.2, 0) is 17.8 Å². The molecule has 1 aromatic carbocycles. The van der Waals surface area contributed by atoms with Gasteiger partial charge in [-0.1, -0.05) is 12.1 Å². The fraction of sp³-hybridized carbons (Fsp3) is 0.542. The van der Waals surface area contributed by atoms with Gasteiger partial charge < -0.3 is 20.7 Å². The quantitative estimate of drug-likeness (QED) is 0.177. The van der Waals surface area contributed by atoms with Crippen molar-refractivity contribution in [1.29, 1.82) is 0 Å². The Balaban J connectivity index is 0.00000385. The first-order valence-corrected chi connectivity index (χ1v) is 11.6. The summed E-state index contributed by atoms with van der Waals surface area (Å²) in [6.07, 6.45) is 3.17. The maximum Gasteiger partial charge on any atom is 0.251 e. The molecule has 0 saturated carbocycles. The summed E-state index contributed by atoms with van der Waals surface area (Å²) in [5, 5.41) is 14.1. The number of nitrogens with zero attached hydrogens (tertiary/aromatic N) is 3. The molecule has 1 saturated heterocycles. The van der Waals surface area contributed by atoms with E-state index < -0.39 is 0 Å². The molecule has 0 aliphatic carbocycles. The van der Waals surface area contributed by atoms with Crippen LogP contribution in [0.15, 0.2) is 35.3 Å². The van der Waals surface area contributed by atoms with E-state index in [1.165, 1.54) is 5.69 Å². The number of hydrogen-bond acceptors (Lipinski definition) is 4. The van der Waals surface area contributed by atoms with E-state index in [4.69, 9.17) is 4.74 Å². The first-order chi connectivity index (χ1) is 15.5. The first kappa shape index (κ1) is 27.1. The summed E-state index contributed by atoms with van der Waals surface area (Å²) in [6, 6.07) is 9.73. The lowest BCUT2D eigenvalue weighted by molar-refractivity contribution is 0.0857. The van der Waals surface area contributed by atoms with Gasteiger partial charge in [-0.3, -0.25) is 9.48 Å². The van der Waals surface area contributed by atoms with E-state index in [1.54, 1.807) is 0 Å². The third-order valence-electron chi connectivity index (χ3n) is 5.41. The minimum absolute atomic E-state index is 0. The third-order valence-corrected chi connectivity index (χ3v) is 5.41. The molecule has 1 aromatic heterocycles. The predicted octanol–water partition coefficient (Wildman–Crippen LogP) is 3.17. The number of aryl methyl sites for hydroxylation is 3. The molecule has 182 valence electrons. The summed E-state index contributed by atoms with van der Waals surface area (Å²) >= 11 is 0. The Kier molecular flexibility index (Phi) is 11.7. The highest BCUT2D eigenvalue weighted by molar-refractivity contribution is 14.0. The number of hydrogen-bond donors (Lipinski definition) is 3. The van der Waals surface area contributed by atoms with Crippen molar-refractivity contribution in [3.63, 3.8) is 0 Å². The molecule has 1 atom stereocenters. The number of halogens is 1. The molecule has 1 fully saturated rings. The lowest BCUT2D eigenvalue weighted by Crippen LogP contribution is -2.38. The fourth-order valence-corrected chi connectivity index (χ4v) is 3.77. The van der Waals surface area contributed by atoms with Crippen LogP contribution in [-0.4, -0.2) is 54.0 Å². The Hall–Kier alpha value is -2.14. The monoisotopic (exact) mass is 568 g/mol. The maximum absolute atomic E-state index is 12.5. The number of aliphatic imine (C=N–C) groups is 1. The average molecular weight is 569 g/mol. The van der Waals surface area contributed by atoms with Crippen LogP contribution in [0.5, 0.6) is 0 Å². The minimum atomic E-state index is -0.0690. The molecular formula is C24H37IN6O2. The fourth-order valence-electron chi connectivity index (χ4n) is 3.77. The van der Waals surface area contributed by atoms with Crippen LogP contribution in [0.4, 0.5) is 0 Å². The summed E-state index contributed by atoms with van der Waals surface area (Å²) in [4.78, 5) is 17.2. The minimum Gasteiger partial charge on any atom is -0.376 e. The van der Waals surface area contributed by atoms with Crippen molar-refractivity contribution in [2.45, 2.75) is 59.2 Å². The highest BCUT2D eigenvalue weighted by Crippen LogP contribution is 2.11. The van der Waals surface area contributed by atoms with Crippen molar-refractivity contribution < 1.29 is 9.53 Å². The van der Waals surface area contributed by atoms with Gasteiger partial charge in [0.1, 0.15) is 0 Å². The van der Waals surface area contributed by atoms with Crippen molar-refractivity contribution in [3.8, 4) is 0 Å². The van der Waals surface area contributed by atoms with Crippen molar-refractivity contribution in [2.24, 2.45) is 4.99 Å².